The Morgan fingerprint density at radius 3 is 2.91 bits per heavy atom. The molecule has 0 aromatic carbocycles. The normalized spacial score (nSPS) is 15.8. The number of ether oxygens (including phenoxy) is 1. The Labute approximate surface area is 188 Å². The first-order chi connectivity index (χ1) is 15.7. The minimum absolute atomic E-state index is 0.0151. The molecule has 4 aromatic heterocycles. The predicted molar refractivity (Wildman–Crippen MR) is 120 cm³/mol. The van der Waals surface area contributed by atoms with Crippen LogP contribution in [0.1, 0.15) is 37.3 Å². The van der Waals surface area contributed by atoms with Crippen molar-refractivity contribution in [2.24, 2.45) is 0 Å². The first-order valence-electron chi connectivity index (χ1n) is 10.4. The lowest BCUT2D eigenvalue weighted by atomic mass is 10.1. The largest absolute Gasteiger partial charge is 0.479 e. The van der Waals surface area contributed by atoms with Crippen molar-refractivity contribution in [1.29, 1.82) is 0 Å². The Kier molecular flexibility index (Phi) is 5.63. The number of hydrogen-bond donors (Lipinski definition) is 1. The lowest BCUT2D eigenvalue weighted by molar-refractivity contribution is 0.361. The molecule has 0 amide bonds. The number of aromatic nitrogens is 6. The molecule has 5 rings (SSSR count). The predicted octanol–water partition coefficient (Wildman–Crippen LogP) is 4.03. The quantitative estimate of drug-likeness (QED) is 0.442. The lowest BCUT2D eigenvalue weighted by Crippen LogP contribution is -2.25. The minimum atomic E-state index is -0.0151. The fourth-order valence-corrected chi connectivity index (χ4v) is 4.30. The van der Waals surface area contributed by atoms with Gasteiger partial charge in [0.2, 0.25) is 11.8 Å². The second kappa shape index (κ2) is 8.87. The summed E-state index contributed by atoms with van der Waals surface area (Å²) in [5.74, 6) is 2.55. The summed E-state index contributed by atoms with van der Waals surface area (Å²) >= 11 is 1.53. The van der Waals surface area contributed by atoms with E-state index in [2.05, 4.69) is 37.2 Å². The number of nitrogens with zero attached hydrogens (tertiary/aromatic N) is 7. The summed E-state index contributed by atoms with van der Waals surface area (Å²) in [5.41, 5.74) is 2.10. The molecule has 1 atom stereocenters. The number of hydrogen-bond acceptors (Lipinski definition) is 11. The van der Waals surface area contributed by atoms with Crippen LogP contribution in [0.5, 0.6) is 5.88 Å². The molecule has 1 aliphatic rings. The van der Waals surface area contributed by atoms with Crippen LogP contribution in [-0.4, -0.2) is 43.7 Å². The number of aryl methyl sites for hydroxylation is 1. The summed E-state index contributed by atoms with van der Waals surface area (Å²) in [7, 11) is 1.56. The van der Waals surface area contributed by atoms with Crippen molar-refractivity contribution >= 4 is 28.2 Å². The molecule has 1 N–H and O–H groups in total. The molecule has 0 unspecified atom stereocenters. The van der Waals surface area contributed by atoms with E-state index < -0.39 is 0 Å². The molecule has 1 fully saturated rings. The van der Waals surface area contributed by atoms with Crippen molar-refractivity contribution in [2.75, 3.05) is 23.9 Å². The Balaban J connectivity index is 1.45. The minimum Gasteiger partial charge on any atom is -0.479 e. The van der Waals surface area contributed by atoms with Crippen LogP contribution < -0.4 is 15.0 Å². The standard InChI is InChI=1S/C21H22N8O2S/c1-3-13-11-17(27-21-24-8-10-32-21)26-20(25-13)29-9-4-5-15(29)16-12-14(28-31-16)18-19(30-2)23-7-6-22-18/h6-8,10-12,15H,3-5,9H2,1-2H3,(H,24,25,26,27)/t15-/m0/s1. The highest BCUT2D eigenvalue weighted by atomic mass is 32.1. The van der Waals surface area contributed by atoms with Gasteiger partial charge in [0.15, 0.2) is 16.6 Å². The topological polar surface area (TPSA) is 115 Å². The fraction of sp³-hybridized carbons (Fsp3) is 0.333. The van der Waals surface area contributed by atoms with Crippen molar-refractivity contribution in [3.05, 3.63) is 47.6 Å². The van der Waals surface area contributed by atoms with Crippen LogP contribution >= 0.6 is 11.3 Å². The van der Waals surface area contributed by atoms with Gasteiger partial charge in [-0.3, -0.25) is 0 Å². The van der Waals surface area contributed by atoms with Crippen LogP contribution in [0.4, 0.5) is 16.9 Å². The Bertz CT molecular complexity index is 1200. The van der Waals surface area contributed by atoms with Gasteiger partial charge in [0.05, 0.1) is 13.2 Å². The molecule has 4 aromatic rings. The van der Waals surface area contributed by atoms with E-state index in [9.17, 15) is 0 Å². The van der Waals surface area contributed by atoms with Gasteiger partial charge in [-0.2, -0.15) is 4.98 Å². The molecule has 0 spiro atoms. The maximum absolute atomic E-state index is 5.73. The zero-order valence-electron chi connectivity index (χ0n) is 17.7. The number of methoxy groups -OCH3 is 1. The van der Waals surface area contributed by atoms with Crippen molar-refractivity contribution in [1.82, 2.24) is 30.1 Å². The maximum Gasteiger partial charge on any atom is 0.242 e. The maximum atomic E-state index is 5.73. The Hall–Kier alpha value is -3.60. The summed E-state index contributed by atoms with van der Waals surface area (Å²) < 4.78 is 11.0. The summed E-state index contributed by atoms with van der Waals surface area (Å²) in [6, 6.07) is 3.84. The average Bonchev–Trinajstić information content (AvgIpc) is 3.60. The zero-order chi connectivity index (χ0) is 21.9. The Morgan fingerprint density at radius 1 is 1.19 bits per heavy atom. The van der Waals surface area contributed by atoms with E-state index in [0.29, 0.717) is 23.2 Å². The summed E-state index contributed by atoms with van der Waals surface area (Å²) in [6.45, 7) is 2.91. The van der Waals surface area contributed by atoms with Gasteiger partial charge >= 0.3 is 0 Å². The van der Waals surface area contributed by atoms with Gasteiger partial charge in [-0.05, 0) is 19.3 Å². The number of anilines is 3. The van der Waals surface area contributed by atoms with Gasteiger partial charge in [-0.25, -0.2) is 19.9 Å². The third kappa shape index (κ3) is 3.98. The summed E-state index contributed by atoms with van der Waals surface area (Å²) in [4.78, 5) is 24.6. The van der Waals surface area contributed by atoms with Crippen LogP contribution in [0.2, 0.25) is 0 Å². The molecule has 1 aliphatic heterocycles. The summed E-state index contributed by atoms with van der Waals surface area (Å²) in [5, 5.41) is 10.2. The first-order valence-corrected chi connectivity index (χ1v) is 11.3. The molecule has 10 nitrogen and oxygen atoms in total. The highest BCUT2D eigenvalue weighted by Gasteiger charge is 2.32. The molecule has 0 radical (unpaired) electrons. The third-order valence-electron chi connectivity index (χ3n) is 5.26. The van der Waals surface area contributed by atoms with Crippen molar-refractivity contribution in [3.8, 4) is 17.3 Å². The second-order valence-electron chi connectivity index (χ2n) is 7.24. The third-order valence-corrected chi connectivity index (χ3v) is 5.95. The second-order valence-corrected chi connectivity index (χ2v) is 8.14. The first kappa shape index (κ1) is 20.3. The van der Waals surface area contributed by atoms with Crippen LogP contribution in [0.25, 0.3) is 11.4 Å². The van der Waals surface area contributed by atoms with Crippen molar-refractivity contribution in [3.63, 3.8) is 0 Å². The molecule has 0 aliphatic carbocycles. The van der Waals surface area contributed by atoms with Crippen LogP contribution in [-0.2, 0) is 6.42 Å². The molecule has 32 heavy (non-hydrogen) atoms. The molecule has 1 saturated heterocycles. The fourth-order valence-electron chi connectivity index (χ4n) is 3.76. The van der Waals surface area contributed by atoms with Crippen molar-refractivity contribution < 1.29 is 9.26 Å². The van der Waals surface area contributed by atoms with E-state index in [1.165, 1.54) is 11.3 Å². The highest BCUT2D eigenvalue weighted by Crippen LogP contribution is 2.37. The smallest absolute Gasteiger partial charge is 0.242 e. The van der Waals surface area contributed by atoms with Gasteiger partial charge in [-0.15, -0.1) is 11.3 Å². The van der Waals surface area contributed by atoms with E-state index in [0.717, 1.165) is 48.2 Å². The molecule has 11 heteroatoms. The Morgan fingerprint density at radius 2 is 2.09 bits per heavy atom. The lowest BCUT2D eigenvalue weighted by Gasteiger charge is -2.23. The van der Waals surface area contributed by atoms with E-state index in [1.807, 2.05) is 17.5 Å². The van der Waals surface area contributed by atoms with Gasteiger partial charge < -0.3 is 19.5 Å². The molecule has 0 bridgehead atoms. The van der Waals surface area contributed by atoms with Crippen LogP contribution in [0.15, 0.2) is 40.6 Å². The molecular formula is C21H22N8O2S. The van der Waals surface area contributed by atoms with Crippen LogP contribution in [0, 0.1) is 0 Å². The molecule has 164 valence electrons. The monoisotopic (exact) mass is 450 g/mol. The van der Waals surface area contributed by atoms with E-state index in [-0.39, 0.29) is 6.04 Å². The zero-order valence-corrected chi connectivity index (χ0v) is 18.5. The SMILES string of the molecule is CCc1cc(Nc2nccs2)nc(N2CCC[C@H]2c2cc(-c3nccnc3OC)no2)n1. The van der Waals surface area contributed by atoms with Gasteiger partial charge in [0.25, 0.3) is 0 Å². The highest BCUT2D eigenvalue weighted by molar-refractivity contribution is 7.13. The molecular weight excluding hydrogens is 428 g/mol. The van der Waals surface area contributed by atoms with E-state index >= 15 is 0 Å². The van der Waals surface area contributed by atoms with Gasteiger partial charge in [0, 0.05) is 48.3 Å². The van der Waals surface area contributed by atoms with Gasteiger partial charge in [-0.1, -0.05) is 12.1 Å². The van der Waals surface area contributed by atoms with Gasteiger partial charge in [0.1, 0.15) is 11.5 Å². The molecule has 0 saturated carbocycles. The summed E-state index contributed by atoms with van der Waals surface area (Å²) in [6.07, 6.45) is 7.68. The average molecular weight is 451 g/mol. The van der Waals surface area contributed by atoms with Crippen molar-refractivity contribution in [2.45, 2.75) is 32.2 Å². The number of nitrogens with one attached hydrogen (secondary N) is 1. The van der Waals surface area contributed by atoms with E-state index in [1.54, 1.807) is 25.7 Å². The van der Waals surface area contributed by atoms with E-state index in [4.69, 9.17) is 19.2 Å². The van der Waals surface area contributed by atoms with Crippen LogP contribution in [0.3, 0.4) is 0 Å². The number of thiazole rings is 1. The molecule has 5 heterocycles. The number of rotatable bonds is 7.